The molecule has 2 N–H and O–H groups in total. The molecule has 9 nitrogen and oxygen atoms in total. The van der Waals surface area contributed by atoms with Crippen molar-refractivity contribution in [3.8, 4) is 0 Å². The zero-order valence-corrected chi connectivity index (χ0v) is 13.7. The third kappa shape index (κ3) is 2.48. The van der Waals surface area contributed by atoms with E-state index in [2.05, 4.69) is 15.1 Å². The Kier molecular flexibility index (Phi) is 3.23. The molecule has 0 aliphatic carbocycles. The molecule has 0 spiro atoms. The van der Waals surface area contributed by atoms with Crippen LogP contribution in [0.5, 0.6) is 0 Å². The lowest BCUT2D eigenvalue weighted by Crippen LogP contribution is -2.21. The fourth-order valence-electron chi connectivity index (χ4n) is 2.31. The molecule has 1 aromatic carbocycles. The second-order valence-corrected chi connectivity index (χ2v) is 7.76. The Morgan fingerprint density at radius 2 is 2.04 bits per heavy atom. The van der Waals surface area contributed by atoms with Crippen molar-refractivity contribution in [2.24, 2.45) is 5.14 Å². The van der Waals surface area contributed by atoms with Crippen LogP contribution in [0.4, 0.5) is 0 Å². The second-order valence-electron chi connectivity index (χ2n) is 5.07. The van der Waals surface area contributed by atoms with Gasteiger partial charge in [-0.25, -0.2) is 28.0 Å². The standard InChI is InChI=1S/C13H10N6O3S2/c14-24(21,22)13-17-19-6-8(16-12(19)23-13)5-18-7-15-10-4-2-1-3-9(10)11(18)20/h1-4,6-7H,5H2,(H2,14,21,22). The Bertz CT molecular complexity index is 1210. The summed E-state index contributed by atoms with van der Waals surface area (Å²) in [5.74, 6) is 0. The summed E-state index contributed by atoms with van der Waals surface area (Å²) in [6.07, 6.45) is 3.02. The largest absolute Gasteiger partial charge is 0.293 e. The van der Waals surface area contributed by atoms with Gasteiger partial charge in [0.15, 0.2) is 0 Å². The lowest BCUT2D eigenvalue weighted by atomic mass is 10.2. The van der Waals surface area contributed by atoms with E-state index in [4.69, 9.17) is 5.14 Å². The van der Waals surface area contributed by atoms with Crippen LogP contribution in [0.25, 0.3) is 15.9 Å². The van der Waals surface area contributed by atoms with Gasteiger partial charge in [-0.05, 0) is 12.1 Å². The second kappa shape index (κ2) is 5.19. The van der Waals surface area contributed by atoms with Crippen molar-refractivity contribution in [1.82, 2.24) is 24.1 Å². The van der Waals surface area contributed by atoms with E-state index < -0.39 is 10.0 Å². The normalized spacial score (nSPS) is 12.2. The Balaban J connectivity index is 1.73. The summed E-state index contributed by atoms with van der Waals surface area (Å²) < 4.78 is 25.1. The third-order valence-electron chi connectivity index (χ3n) is 3.38. The number of nitrogens with zero attached hydrogens (tertiary/aromatic N) is 5. The maximum absolute atomic E-state index is 12.5. The number of benzene rings is 1. The molecule has 0 aliphatic heterocycles. The number of hydrogen-bond donors (Lipinski definition) is 1. The van der Waals surface area contributed by atoms with Crippen molar-refractivity contribution in [3.05, 3.63) is 52.8 Å². The van der Waals surface area contributed by atoms with Gasteiger partial charge in [-0.3, -0.25) is 9.36 Å². The van der Waals surface area contributed by atoms with E-state index in [1.165, 1.54) is 15.4 Å². The number of para-hydroxylation sites is 1. The van der Waals surface area contributed by atoms with Gasteiger partial charge >= 0.3 is 0 Å². The minimum absolute atomic E-state index is 0.171. The van der Waals surface area contributed by atoms with Crippen molar-refractivity contribution in [2.45, 2.75) is 10.9 Å². The van der Waals surface area contributed by atoms with Crippen LogP contribution >= 0.6 is 11.3 Å². The van der Waals surface area contributed by atoms with Crippen molar-refractivity contribution >= 4 is 37.2 Å². The number of sulfonamides is 1. The summed E-state index contributed by atoms with van der Waals surface area (Å²) in [6, 6.07) is 7.08. The van der Waals surface area contributed by atoms with E-state index >= 15 is 0 Å². The summed E-state index contributed by atoms with van der Waals surface area (Å²) in [4.78, 5) is 21.4. The zero-order valence-electron chi connectivity index (χ0n) is 12.0. The van der Waals surface area contributed by atoms with Crippen LogP contribution in [0.1, 0.15) is 5.69 Å². The van der Waals surface area contributed by atoms with Crippen molar-refractivity contribution in [3.63, 3.8) is 0 Å². The van der Waals surface area contributed by atoms with E-state index in [0.717, 1.165) is 11.3 Å². The number of nitrogens with two attached hydrogens (primary N) is 1. The molecule has 24 heavy (non-hydrogen) atoms. The number of hydrogen-bond acceptors (Lipinski definition) is 7. The highest BCUT2D eigenvalue weighted by molar-refractivity contribution is 7.91. The average Bonchev–Trinajstić information content (AvgIpc) is 3.08. The predicted molar refractivity (Wildman–Crippen MR) is 87.3 cm³/mol. The molecule has 0 radical (unpaired) electrons. The summed E-state index contributed by atoms with van der Waals surface area (Å²) in [7, 11) is -3.86. The molecule has 3 aromatic heterocycles. The molecule has 11 heteroatoms. The Morgan fingerprint density at radius 1 is 1.25 bits per heavy atom. The maximum atomic E-state index is 12.5. The van der Waals surface area contributed by atoms with Gasteiger partial charge in [-0.15, -0.1) is 5.10 Å². The average molecular weight is 362 g/mol. The lowest BCUT2D eigenvalue weighted by molar-refractivity contribution is 0.595. The molecule has 0 saturated heterocycles. The first kappa shape index (κ1) is 14.9. The topological polar surface area (TPSA) is 125 Å². The highest BCUT2D eigenvalue weighted by Gasteiger charge is 2.17. The van der Waals surface area contributed by atoms with Crippen LogP contribution in [-0.2, 0) is 16.6 Å². The smallest absolute Gasteiger partial charge is 0.267 e. The van der Waals surface area contributed by atoms with Gasteiger partial charge in [-0.2, -0.15) is 0 Å². The molecule has 3 heterocycles. The summed E-state index contributed by atoms with van der Waals surface area (Å²) in [5, 5.41) is 9.44. The van der Waals surface area contributed by atoms with Crippen LogP contribution in [-0.4, -0.2) is 32.6 Å². The molecule has 0 fully saturated rings. The van der Waals surface area contributed by atoms with Gasteiger partial charge in [0, 0.05) is 0 Å². The number of primary sulfonamides is 1. The fourth-order valence-corrected chi connectivity index (χ4v) is 3.84. The Labute approximate surface area is 139 Å². The first-order chi connectivity index (χ1) is 11.4. The van der Waals surface area contributed by atoms with Crippen LogP contribution in [0.3, 0.4) is 0 Å². The van der Waals surface area contributed by atoms with Gasteiger partial charge in [0.05, 0.1) is 35.7 Å². The Morgan fingerprint density at radius 3 is 2.79 bits per heavy atom. The van der Waals surface area contributed by atoms with Crippen LogP contribution in [0.2, 0.25) is 0 Å². The molecular weight excluding hydrogens is 352 g/mol. The molecule has 0 aliphatic rings. The van der Waals surface area contributed by atoms with E-state index in [9.17, 15) is 13.2 Å². The van der Waals surface area contributed by atoms with Crippen LogP contribution < -0.4 is 10.7 Å². The maximum Gasteiger partial charge on any atom is 0.267 e. The Hall–Kier alpha value is -2.63. The number of fused-ring (bicyclic) bond motifs is 2. The summed E-state index contributed by atoms with van der Waals surface area (Å²) in [5.41, 5.74) is 1.02. The quantitative estimate of drug-likeness (QED) is 0.555. The van der Waals surface area contributed by atoms with E-state index in [1.54, 1.807) is 24.4 Å². The van der Waals surface area contributed by atoms with Crippen molar-refractivity contribution < 1.29 is 8.42 Å². The van der Waals surface area contributed by atoms with Crippen LogP contribution in [0.15, 0.2) is 45.9 Å². The first-order valence-corrected chi connectivity index (χ1v) is 9.10. The number of rotatable bonds is 3. The molecule has 0 bridgehead atoms. The minimum atomic E-state index is -3.86. The fraction of sp³-hybridized carbons (Fsp3) is 0.0769. The molecule has 4 rings (SSSR count). The molecule has 122 valence electrons. The monoisotopic (exact) mass is 362 g/mol. The summed E-state index contributed by atoms with van der Waals surface area (Å²) >= 11 is 0.867. The predicted octanol–water partition coefficient (Wildman–Crippen LogP) is 0.196. The van der Waals surface area contributed by atoms with Gasteiger partial charge in [0.25, 0.3) is 15.6 Å². The van der Waals surface area contributed by atoms with Gasteiger partial charge in [0.2, 0.25) is 9.30 Å². The zero-order chi connectivity index (χ0) is 16.9. The minimum Gasteiger partial charge on any atom is -0.293 e. The third-order valence-corrected chi connectivity index (χ3v) is 5.61. The van der Waals surface area contributed by atoms with Crippen molar-refractivity contribution in [1.29, 1.82) is 0 Å². The first-order valence-electron chi connectivity index (χ1n) is 6.74. The molecular formula is C13H10N6O3S2. The molecule has 4 aromatic rings. The molecule has 0 amide bonds. The van der Waals surface area contributed by atoms with Crippen molar-refractivity contribution in [2.75, 3.05) is 0 Å². The van der Waals surface area contributed by atoms with E-state index in [0.29, 0.717) is 21.6 Å². The summed E-state index contributed by atoms with van der Waals surface area (Å²) in [6.45, 7) is 0.206. The van der Waals surface area contributed by atoms with E-state index in [-0.39, 0.29) is 16.4 Å². The van der Waals surface area contributed by atoms with Gasteiger partial charge < -0.3 is 0 Å². The highest BCUT2D eigenvalue weighted by atomic mass is 32.2. The van der Waals surface area contributed by atoms with Gasteiger partial charge in [0.1, 0.15) is 0 Å². The lowest BCUT2D eigenvalue weighted by Gasteiger charge is -2.04. The highest BCUT2D eigenvalue weighted by Crippen LogP contribution is 2.18. The van der Waals surface area contributed by atoms with Gasteiger partial charge in [-0.1, -0.05) is 23.5 Å². The van der Waals surface area contributed by atoms with E-state index in [1.807, 2.05) is 6.07 Å². The van der Waals surface area contributed by atoms with Crippen LogP contribution in [0, 0.1) is 0 Å². The molecule has 0 saturated carbocycles. The molecule has 0 atom stereocenters. The number of imidazole rings is 1. The SMILES string of the molecule is NS(=O)(=O)c1nn2cc(Cn3cnc4ccccc4c3=O)nc2s1. The number of aromatic nitrogens is 5. The molecule has 0 unspecified atom stereocenters.